The fraction of sp³-hybridized carbons (Fsp3) is 0.444. The second-order valence-corrected chi connectivity index (χ2v) is 6.01. The number of urea groups is 1. The number of nitrogens with one attached hydrogen (secondary N) is 2. The van der Waals surface area contributed by atoms with Crippen LogP contribution in [-0.2, 0) is 11.3 Å². The SMILES string of the molecule is O=C(NCCOCc1ccccc1)N1CCCC[C@H]1c1cn[nH]c1. The number of H-pyrrole nitrogens is 1. The van der Waals surface area contributed by atoms with Gasteiger partial charge in [-0.05, 0) is 24.8 Å². The molecular formula is C18H24N4O2. The summed E-state index contributed by atoms with van der Waals surface area (Å²) >= 11 is 0. The van der Waals surface area contributed by atoms with Crippen LogP contribution >= 0.6 is 0 Å². The van der Waals surface area contributed by atoms with Crippen LogP contribution in [0.3, 0.4) is 0 Å². The van der Waals surface area contributed by atoms with Crippen molar-refractivity contribution in [2.24, 2.45) is 0 Å². The fourth-order valence-corrected chi connectivity index (χ4v) is 3.06. The number of rotatable bonds is 6. The van der Waals surface area contributed by atoms with E-state index in [1.165, 1.54) is 0 Å². The number of hydrogen-bond acceptors (Lipinski definition) is 3. The van der Waals surface area contributed by atoms with Gasteiger partial charge in [0.25, 0.3) is 0 Å². The highest BCUT2D eigenvalue weighted by atomic mass is 16.5. The Labute approximate surface area is 142 Å². The van der Waals surface area contributed by atoms with Gasteiger partial charge in [-0.25, -0.2) is 4.79 Å². The molecule has 6 nitrogen and oxygen atoms in total. The average molecular weight is 328 g/mol. The van der Waals surface area contributed by atoms with Gasteiger partial charge in [0.15, 0.2) is 0 Å². The van der Waals surface area contributed by atoms with Gasteiger partial charge < -0.3 is 15.0 Å². The molecule has 128 valence electrons. The Morgan fingerprint density at radius 2 is 2.21 bits per heavy atom. The highest BCUT2D eigenvalue weighted by molar-refractivity contribution is 5.74. The zero-order chi connectivity index (χ0) is 16.6. The second-order valence-electron chi connectivity index (χ2n) is 6.01. The number of ether oxygens (including phenoxy) is 1. The van der Waals surface area contributed by atoms with Crippen molar-refractivity contribution in [2.75, 3.05) is 19.7 Å². The Morgan fingerprint density at radius 1 is 1.33 bits per heavy atom. The van der Waals surface area contributed by atoms with E-state index in [-0.39, 0.29) is 12.1 Å². The smallest absolute Gasteiger partial charge is 0.317 e. The van der Waals surface area contributed by atoms with Gasteiger partial charge in [0.1, 0.15) is 0 Å². The van der Waals surface area contributed by atoms with E-state index in [9.17, 15) is 4.79 Å². The van der Waals surface area contributed by atoms with Crippen molar-refractivity contribution in [3.63, 3.8) is 0 Å². The molecule has 3 rings (SSSR count). The van der Waals surface area contributed by atoms with E-state index in [0.29, 0.717) is 19.8 Å². The Balaban J connectivity index is 1.42. The molecule has 2 N–H and O–H groups in total. The first-order chi connectivity index (χ1) is 11.8. The molecule has 1 saturated heterocycles. The molecule has 6 heteroatoms. The van der Waals surface area contributed by atoms with Crippen LogP contribution in [0.25, 0.3) is 0 Å². The molecule has 2 heterocycles. The van der Waals surface area contributed by atoms with Gasteiger partial charge in [-0.2, -0.15) is 5.10 Å². The maximum absolute atomic E-state index is 12.5. The summed E-state index contributed by atoms with van der Waals surface area (Å²) in [7, 11) is 0. The quantitative estimate of drug-likeness (QED) is 0.801. The highest BCUT2D eigenvalue weighted by Gasteiger charge is 2.28. The number of benzene rings is 1. The third-order valence-electron chi connectivity index (χ3n) is 4.30. The van der Waals surface area contributed by atoms with E-state index in [2.05, 4.69) is 15.5 Å². The molecule has 0 radical (unpaired) electrons. The number of aromatic nitrogens is 2. The number of aromatic amines is 1. The largest absolute Gasteiger partial charge is 0.375 e. The normalized spacial score (nSPS) is 17.7. The van der Waals surface area contributed by atoms with Crippen LogP contribution in [-0.4, -0.2) is 40.8 Å². The minimum Gasteiger partial charge on any atom is -0.375 e. The molecule has 0 unspecified atom stereocenters. The van der Waals surface area contributed by atoms with Crippen molar-refractivity contribution in [3.05, 3.63) is 53.9 Å². The van der Waals surface area contributed by atoms with Crippen molar-refractivity contribution < 1.29 is 9.53 Å². The van der Waals surface area contributed by atoms with Gasteiger partial charge >= 0.3 is 6.03 Å². The molecule has 1 aromatic carbocycles. The molecule has 1 atom stereocenters. The van der Waals surface area contributed by atoms with Crippen LogP contribution in [0.1, 0.15) is 36.4 Å². The van der Waals surface area contributed by atoms with Crippen LogP contribution in [0.2, 0.25) is 0 Å². The monoisotopic (exact) mass is 328 g/mol. The van der Waals surface area contributed by atoms with Crippen molar-refractivity contribution in [2.45, 2.75) is 31.9 Å². The predicted octanol–water partition coefficient (Wildman–Crippen LogP) is 2.86. The van der Waals surface area contributed by atoms with Crippen LogP contribution in [0.4, 0.5) is 4.79 Å². The third kappa shape index (κ3) is 4.35. The van der Waals surface area contributed by atoms with E-state index in [4.69, 9.17) is 4.74 Å². The van der Waals surface area contributed by atoms with E-state index in [0.717, 1.165) is 36.9 Å². The number of nitrogens with zero attached hydrogens (tertiary/aromatic N) is 2. The molecule has 0 bridgehead atoms. The van der Waals surface area contributed by atoms with Gasteiger partial charge in [0, 0.05) is 24.8 Å². The summed E-state index contributed by atoms with van der Waals surface area (Å²) in [5, 5.41) is 9.80. The molecule has 24 heavy (non-hydrogen) atoms. The first kappa shape index (κ1) is 16.5. The standard InChI is InChI=1S/C18H24N4O2/c23-18(19-9-11-24-14-15-6-2-1-3-7-15)22-10-5-4-8-17(22)16-12-20-21-13-16/h1-3,6-7,12-13,17H,4-5,8-11,14H2,(H,19,23)(H,20,21)/t17-/m0/s1. The molecule has 0 saturated carbocycles. The highest BCUT2D eigenvalue weighted by Crippen LogP contribution is 2.30. The number of carbonyl (C=O) groups is 1. The lowest BCUT2D eigenvalue weighted by atomic mass is 9.98. The summed E-state index contributed by atoms with van der Waals surface area (Å²) in [5.74, 6) is 0. The van der Waals surface area contributed by atoms with Crippen LogP contribution in [0.15, 0.2) is 42.7 Å². The number of hydrogen-bond donors (Lipinski definition) is 2. The van der Waals surface area contributed by atoms with Crippen LogP contribution in [0, 0.1) is 0 Å². The lowest BCUT2D eigenvalue weighted by Gasteiger charge is -2.35. The van der Waals surface area contributed by atoms with Crippen molar-refractivity contribution in [1.82, 2.24) is 20.4 Å². The number of likely N-dealkylation sites (tertiary alicyclic amines) is 1. The minimum atomic E-state index is -0.0239. The Hall–Kier alpha value is -2.34. The van der Waals surface area contributed by atoms with Crippen molar-refractivity contribution in [1.29, 1.82) is 0 Å². The van der Waals surface area contributed by atoms with Gasteiger partial charge in [-0.15, -0.1) is 0 Å². The molecule has 2 amide bonds. The topological polar surface area (TPSA) is 70.2 Å². The molecule has 1 fully saturated rings. The summed E-state index contributed by atoms with van der Waals surface area (Å²) in [4.78, 5) is 14.4. The van der Waals surface area contributed by atoms with E-state index in [1.807, 2.05) is 41.4 Å². The summed E-state index contributed by atoms with van der Waals surface area (Å²) in [5.41, 5.74) is 2.21. The number of amides is 2. The third-order valence-corrected chi connectivity index (χ3v) is 4.30. The maximum Gasteiger partial charge on any atom is 0.317 e. The van der Waals surface area contributed by atoms with Gasteiger partial charge in [-0.1, -0.05) is 30.3 Å². The molecule has 0 spiro atoms. The summed E-state index contributed by atoms with van der Waals surface area (Å²) in [6.45, 7) is 2.37. The molecular weight excluding hydrogens is 304 g/mol. The zero-order valence-electron chi connectivity index (χ0n) is 13.8. The summed E-state index contributed by atoms with van der Waals surface area (Å²) in [6.07, 6.45) is 6.85. The molecule has 1 aliphatic heterocycles. The number of carbonyl (C=O) groups excluding carboxylic acids is 1. The first-order valence-electron chi connectivity index (χ1n) is 8.49. The fourth-order valence-electron chi connectivity index (χ4n) is 3.06. The molecule has 2 aromatic rings. The van der Waals surface area contributed by atoms with E-state index < -0.39 is 0 Å². The second kappa shape index (κ2) is 8.49. The summed E-state index contributed by atoms with van der Waals surface area (Å²) in [6, 6.07) is 10.1. The van der Waals surface area contributed by atoms with Gasteiger partial charge in [0.2, 0.25) is 0 Å². The van der Waals surface area contributed by atoms with Gasteiger partial charge in [0.05, 0.1) is 25.5 Å². The van der Waals surface area contributed by atoms with E-state index >= 15 is 0 Å². The van der Waals surface area contributed by atoms with Crippen LogP contribution < -0.4 is 5.32 Å². The van der Waals surface area contributed by atoms with Crippen LogP contribution in [0.5, 0.6) is 0 Å². The zero-order valence-corrected chi connectivity index (χ0v) is 13.8. The van der Waals surface area contributed by atoms with Crippen molar-refractivity contribution >= 4 is 6.03 Å². The first-order valence-corrected chi connectivity index (χ1v) is 8.49. The Kier molecular flexibility index (Phi) is 5.85. The predicted molar refractivity (Wildman–Crippen MR) is 91.4 cm³/mol. The van der Waals surface area contributed by atoms with Gasteiger partial charge in [-0.3, -0.25) is 5.10 Å². The maximum atomic E-state index is 12.5. The lowest BCUT2D eigenvalue weighted by Crippen LogP contribution is -2.45. The minimum absolute atomic E-state index is 0.0239. The number of piperidine rings is 1. The lowest BCUT2D eigenvalue weighted by molar-refractivity contribution is 0.116. The molecule has 1 aliphatic rings. The van der Waals surface area contributed by atoms with Crippen molar-refractivity contribution in [3.8, 4) is 0 Å². The van der Waals surface area contributed by atoms with E-state index in [1.54, 1.807) is 6.20 Å². The molecule has 0 aliphatic carbocycles. The Morgan fingerprint density at radius 3 is 3.00 bits per heavy atom. The Bertz CT molecular complexity index is 615. The average Bonchev–Trinajstić information content (AvgIpc) is 3.17. The molecule has 1 aromatic heterocycles. The summed E-state index contributed by atoms with van der Waals surface area (Å²) < 4.78 is 5.61.